The molecular weight excluding hydrogens is 314 g/mol. The molecule has 126 valence electrons. The van der Waals surface area contributed by atoms with Crippen LogP contribution in [-0.4, -0.2) is 15.2 Å². The van der Waals surface area contributed by atoms with Crippen LogP contribution < -0.4 is 16.4 Å². The zero-order valence-corrected chi connectivity index (χ0v) is 13.9. The van der Waals surface area contributed by atoms with Crippen LogP contribution in [0.4, 0.5) is 5.95 Å². The van der Waals surface area contributed by atoms with E-state index in [0.717, 1.165) is 11.3 Å². The summed E-state index contributed by atoms with van der Waals surface area (Å²) in [5, 5.41) is 7.73. The maximum Gasteiger partial charge on any atom is 0.274 e. The van der Waals surface area contributed by atoms with E-state index < -0.39 is 0 Å². The first-order valence-corrected chi connectivity index (χ1v) is 7.96. The van der Waals surface area contributed by atoms with Gasteiger partial charge in [-0.1, -0.05) is 60.7 Å². The summed E-state index contributed by atoms with van der Waals surface area (Å²) < 4.78 is 0. The van der Waals surface area contributed by atoms with Gasteiger partial charge in [-0.2, -0.15) is 0 Å². The van der Waals surface area contributed by atoms with Crippen molar-refractivity contribution < 1.29 is 0 Å². The molecule has 0 fully saturated rings. The van der Waals surface area contributed by atoms with Crippen LogP contribution in [0.1, 0.15) is 16.8 Å². The van der Waals surface area contributed by atoms with Gasteiger partial charge < -0.3 is 5.43 Å². The van der Waals surface area contributed by atoms with Crippen molar-refractivity contribution in [3.63, 3.8) is 0 Å². The summed E-state index contributed by atoms with van der Waals surface area (Å²) >= 11 is 0. The Labute approximate surface area is 145 Å². The van der Waals surface area contributed by atoms with E-state index in [1.807, 2.05) is 54.6 Å². The molecule has 0 saturated heterocycles. The van der Waals surface area contributed by atoms with Gasteiger partial charge in [-0.3, -0.25) is 15.2 Å². The predicted octanol–water partition coefficient (Wildman–Crippen LogP) is 2.67. The van der Waals surface area contributed by atoms with E-state index in [2.05, 4.69) is 38.2 Å². The lowest BCUT2D eigenvalue weighted by Gasteiger charge is -2.13. The van der Waals surface area contributed by atoms with Crippen LogP contribution in [0.2, 0.25) is 0 Å². The fraction of sp³-hybridized carbons (Fsp3) is 0.105. The van der Waals surface area contributed by atoms with Gasteiger partial charge in [0.25, 0.3) is 5.56 Å². The van der Waals surface area contributed by atoms with E-state index in [1.165, 1.54) is 5.56 Å². The summed E-state index contributed by atoms with van der Waals surface area (Å²) in [6, 6.07) is 20.1. The number of benzene rings is 2. The minimum atomic E-state index is -0.268. The summed E-state index contributed by atoms with van der Waals surface area (Å²) in [5.41, 5.74) is 9.26. The quantitative estimate of drug-likeness (QED) is 0.604. The molecule has 0 amide bonds. The number of aryl methyl sites for hydroxylation is 1. The zero-order valence-electron chi connectivity index (χ0n) is 13.9. The van der Waals surface area contributed by atoms with E-state index in [0.29, 0.717) is 12.1 Å². The Morgan fingerprint density at radius 3 is 2.40 bits per heavy atom. The van der Waals surface area contributed by atoms with Crippen molar-refractivity contribution in [2.75, 3.05) is 5.43 Å². The number of hydrazine groups is 1. The van der Waals surface area contributed by atoms with Gasteiger partial charge in [0.1, 0.15) is 5.69 Å². The van der Waals surface area contributed by atoms with E-state index in [-0.39, 0.29) is 11.5 Å². The van der Waals surface area contributed by atoms with Crippen LogP contribution in [0.25, 0.3) is 6.08 Å². The minimum absolute atomic E-state index is 0.266. The molecular formula is C19H19N5O. The minimum Gasteiger partial charge on any atom is -0.302 e. The smallest absolute Gasteiger partial charge is 0.274 e. The first-order chi connectivity index (χ1) is 12.2. The topological polar surface area (TPSA) is 82.7 Å². The molecule has 3 N–H and O–H groups in total. The summed E-state index contributed by atoms with van der Waals surface area (Å²) in [6.45, 7) is 1.61. The van der Waals surface area contributed by atoms with Gasteiger partial charge in [0.15, 0.2) is 0 Å². The monoisotopic (exact) mass is 333 g/mol. The van der Waals surface area contributed by atoms with Crippen molar-refractivity contribution in [1.29, 1.82) is 0 Å². The second-order valence-corrected chi connectivity index (χ2v) is 5.58. The largest absolute Gasteiger partial charge is 0.302 e. The highest BCUT2D eigenvalue weighted by Crippen LogP contribution is 2.11. The van der Waals surface area contributed by atoms with E-state index in [4.69, 9.17) is 0 Å². The standard InChI is InChI=1S/C19H19N5O/c1-14-18(25)20-19(23-21-14)24-22-17(12-15-8-4-2-5-9-15)13-16-10-6-3-7-11-16/h2-12,22H,13H2,1H3,(H2,20,23,24,25). The Morgan fingerprint density at radius 2 is 1.72 bits per heavy atom. The third-order valence-electron chi connectivity index (χ3n) is 3.58. The molecule has 0 atom stereocenters. The first-order valence-electron chi connectivity index (χ1n) is 7.96. The average molecular weight is 333 g/mol. The molecule has 3 aromatic rings. The zero-order chi connectivity index (χ0) is 17.5. The molecule has 0 aliphatic heterocycles. The fourth-order valence-electron chi connectivity index (χ4n) is 2.29. The Hall–Kier alpha value is -3.41. The molecule has 0 aliphatic rings. The average Bonchev–Trinajstić information content (AvgIpc) is 2.64. The molecule has 0 radical (unpaired) electrons. The van der Waals surface area contributed by atoms with Crippen LogP contribution in [0.3, 0.4) is 0 Å². The van der Waals surface area contributed by atoms with Crippen LogP contribution in [-0.2, 0) is 6.42 Å². The van der Waals surface area contributed by atoms with Gasteiger partial charge in [0, 0.05) is 12.1 Å². The Balaban J connectivity index is 1.79. The van der Waals surface area contributed by atoms with Crippen LogP contribution in [0.15, 0.2) is 71.2 Å². The number of rotatable bonds is 6. The number of H-pyrrole nitrogens is 1. The van der Waals surface area contributed by atoms with Crippen LogP contribution >= 0.6 is 0 Å². The first kappa shape index (κ1) is 16.4. The van der Waals surface area contributed by atoms with E-state index in [9.17, 15) is 4.79 Å². The highest BCUT2D eigenvalue weighted by Gasteiger charge is 2.03. The molecule has 1 aromatic heterocycles. The number of hydrogen-bond acceptors (Lipinski definition) is 5. The Bertz CT molecular complexity index is 904. The molecule has 0 saturated carbocycles. The Morgan fingerprint density at radius 1 is 1.04 bits per heavy atom. The maximum absolute atomic E-state index is 11.6. The van der Waals surface area contributed by atoms with Gasteiger partial charge in [-0.15, -0.1) is 10.2 Å². The lowest BCUT2D eigenvalue weighted by Crippen LogP contribution is -2.26. The summed E-state index contributed by atoms with van der Waals surface area (Å²) in [5.74, 6) is 0.266. The van der Waals surface area contributed by atoms with Gasteiger partial charge in [0.2, 0.25) is 5.95 Å². The van der Waals surface area contributed by atoms with Crippen molar-refractivity contribution in [3.05, 3.63) is 93.5 Å². The molecule has 0 spiro atoms. The SMILES string of the molecule is Cc1nnc(NNC(=Cc2ccccc2)Cc2ccccc2)[nH]c1=O. The molecule has 2 aromatic carbocycles. The second-order valence-electron chi connectivity index (χ2n) is 5.58. The molecule has 6 nitrogen and oxygen atoms in total. The molecule has 3 rings (SSSR count). The van der Waals surface area contributed by atoms with E-state index >= 15 is 0 Å². The molecule has 1 heterocycles. The predicted molar refractivity (Wildman–Crippen MR) is 98.7 cm³/mol. The van der Waals surface area contributed by atoms with Crippen molar-refractivity contribution in [1.82, 2.24) is 20.6 Å². The van der Waals surface area contributed by atoms with Crippen molar-refractivity contribution in [2.24, 2.45) is 0 Å². The molecule has 0 unspecified atom stereocenters. The van der Waals surface area contributed by atoms with Gasteiger partial charge in [-0.25, -0.2) is 0 Å². The van der Waals surface area contributed by atoms with Gasteiger partial charge in [0.05, 0.1) is 0 Å². The number of nitrogens with one attached hydrogen (secondary N) is 3. The molecule has 0 bridgehead atoms. The fourth-order valence-corrected chi connectivity index (χ4v) is 2.29. The lowest BCUT2D eigenvalue weighted by molar-refractivity contribution is 0.838. The van der Waals surface area contributed by atoms with Crippen LogP contribution in [0.5, 0.6) is 0 Å². The highest BCUT2D eigenvalue weighted by molar-refractivity contribution is 5.53. The summed E-state index contributed by atoms with van der Waals surface area (Å²) in [4.78, 5) is 14.3. The van der Waals surface area contributed by atoms with E-state index in [1.54, 1.807) is 6.92 Å². The van der Waals surface area contributed by atoms with Crippen molar-refractivity contribution >= 4 is 12.0 Å². The number of allylic oxidation sites excluding steroid dienone is 1. The number of nitrogens with zero attached hydrogens (tertiary/aromatic N) is 2. The molecule has 6 heteroatoms. The van der Waals surface area contributed by atoms with Crippen molar-refractivity contribution in [3.8, 4) is 0 Å². The second kappa shape index (κ2) is 7.92. The summed E-state index contributed by atoms with van der Waals surface area (Å²) in [7, 11) is 0. The highest BCUT2D eigenvalue weighted by atomic mass is 16.1. The number of aromatic amines is 1. The number of aromatic nitrogens is 3. The third kappa shape index (κ3) is 4.78. The third-order valence-corrected chi connectivity index (χ3v) is 3.58. The van der Waals surface area contributed by atoms with Crippen molar-refractivity contribution in [2.45, 2.75) is 13.3 Å². The molecule has 25 heavy (non-hydrogen) atoms. The lowest BCUT2D eigenvalue weighted by atomic mass is 10.1. The van der Waals surface area contributed by atoms with Gasteiger partial charge in [-0.05, 0) is 24.1 Å². The Kier molecular flexibility index (Phi) is 5.21. The maximum atomic E-state index is 11.6. The number of anilines is 1. The van der Waals surface area contributed by atoms with Gasteiger partial charge >= 0.3 is 0 Å². The normalized spacial score (nSPS) is 11.2. The number of hydrogen-bond donors (Lipinski definition) is 3. The molecule has 0 aliphatic carbocycles. The van der Waals surface area contributed by atoms with Crippen LogP contribution in [0, 0.1) is 6.92 Å². The summed E-state index contributed by atoms with van der Waals surface area (Å²) in [6.07, 6.45) is 2.74.